The number of hydrogen-bond acceptors (Lipinski definition) is 0. The molecule has 0 radical (unpaired) electrons. The number of alkyl halides is 3. The quantitative estimate of drug-likeness (QED) is 0.607. The van der Waals surface area contributed by atoms with Crippen LogP contribution in [0.2, 0.25) is 0 Å². The monoisotopic (exact) mass is 202 g/mol. The SMILES string of the molecule is CCCC(C)(Cl)CC(Cl)Cl. The fourth-order valence-electron chi connectivity index (χ4n) is 0.945. The third-order valence-electron chi connectivity index (χ3n) is 1.35. The molecule has 0 heterocycles. The normalized spacial score (nSPS) is 17.4. The molecule has 0 N–H and O–H groups in total. The first-order valence-electron chi connectivity index (χ1n) is 3.45. The van der Waals surface area contributed by atoms with Crippen LogP contribution in [-0.4, -0.2) is 9.71 Å². The summed E-state index contributed by atoms with van der Waals surface area (Å²) < 4.78 is 0. The number of halogens is 3. The number of hydrogen-bond donors (Lipinski definition) is 0. The molecule has 0 aromatic carbocycles. The molecule has 0 aromatic rings. The highest BCUT2D eigenvalue weighted by Gasteiger charge is 2.22. The maximum atomic E-state index is 6.06. The molecule has 0 amide bonds. The van der Waals surface area contributed by atoms with E-state index < -0.39 is 0 Å². The van der Waals surface area contributed by atoms with E-state index in [0.717, 1.165) is 12.8 Å². The molecule has 1 unspecified atom stereocenters. The molecule has 62 valence electrons. The van der Waals surface area contributed by atoms with Crippen molar-refractivity contribution in [1.29, 1.82) is 0 Å². The smallest absolute Gasteiger partial charge is 0.109 e. The molecule has 0 aliphatic rings. The minimum absolute atomic E-state index is 0.219. The minimum Gasteiger partial charge on any atom is -0.120 e. The number of rotatable bonds is 4. The van der Waals surface area contributed by atoms with Gasteiger partial charge in [0.2, 0.25) is 0 Å². The second kappa shape index (κ2) is 4.69. The van der Waals surface area contributed by atoms with Crippen molar-refractivity contribution in [3.8, 4) is 0 Å². The van der Waals surface area contributed by atoms with E-state index in [2.05, 4.69) is 6.92 Å². The van der Waals surface area contributed by atoms with Crippen LogP contribution in [0.15, 0.2) is 0 Å². The van der Waals surface area contributed by atoms with Crippen molar-refractivity contribution in [2.75, 3.05) is 0 Å². The first-order valence-corrected chi connectivity index (χ1v) is 4.70. The Labute approximate surface area is 77.8 Å². The van der Waals surface area contributed by atoms with Gasteiger partial charge in [-0.05, 0) is 19.8 Å². The summed E-state index contributed by atoms with van der Waals surface area (Å²) in [5, 5.41) is 0. The Bertz CT molecular complexity index is 88.9. The third kappa shape index (κ3) is 5.64. The largest absolute Gasteiger partial charge is 0.120 e. The summed E-state index contributed by atoms with van der Waals surface area (Å²) >= 11 is 17.2. The molecule has 0 saturated carbocycles. The van der Waals surface area contributed by atoms with Gasteiger partial charge < -0.3 is 0 Å². The van der Waals surface area contributed by atoms with Gasteiger partial charge in [0.05, 0.1) is 0 Å². The maximum absolute atomic E-state index is 6.06. The van der Waals surface area contributed by atoms with E-state index in [9.17, 15) is 0 Å². The van der Waals surface area contributed by atoms with Crippen molar-refractivity contribution in [3.05, 3.63) is 0 Å². The van der Waals surface area contributed by atoms with Crippen LogP contribution in [0.3, 0.4) is 0 Å². The van der Waals surface area contributed by atoms with Crippen LogP contribution >= 0.6 is 34.8 Å². The molecule has 0 spiro atoms. The van der Waals surface area contributed by atoms with Gasteiger partial charge in [0, 0.05) is 4.87 Å². The van der Waals surface area contributed by atoms with E-state index >= 15 is 0 Å². The zero-order chi connectivity index (χ0) is 8.20. The van der Waals surface area contributed by atoms with Gasteiger partial charge in [-0.1, -0.05) is 13.3 Å². The molecule has 1 atom stereocenters. The summed E-state index contributed by atoms with van der Waals surface area (Å²) in [7, 11) is 0. The van der Waals surface area contributed by atoms with Crippen molar-refractivity contribution in [2.24, 2.45) is 0 Å². The van der Waals surface area contributed by atoms with Gasteiger partial charge in [0.25, 0.3) is 0 Å². The molecule has 0 aromatic heterocycles. The van der Waals surface area contributed by atoms with Crippen LogP contribution in [0.4, 0.5) is 0 Å². The fraction of sp³-hybridized carbons (Fsp3) is 1.00. The Morgan fingerprint density at radius 1 is 1.40 bits per heavy atom. The van der Waals surface area contributed by atoms with Crippen LogP contribution in [0.1, 0.15) is 33.1 Å². The third-order valence-corrected chi connectivity index (χ3v) is 2.00. The minimum atomic E-state index is -0.339. The molecule has 0 aliphatic heterocycles. The summed E-state index contributed by atoms with van der Waals surface area (Å²) in [5.74, 6) is 0. The highest BCUT2D eigenvalue weighted by Crippen LogP contribution is 2.29. The molecule has 3 heteroatoms. The van der Waals surface area contributed by atoms with Crippen LogP contribution < -0.4 is 0 Å². The van der Waals surface area contributed by atoms with E-state index in [1.165, 1.54) is 0 Å². The van der Waals surface area contributed by atoms with E-state index in [-0.39, 0.29) is 9.71 Å². The van der Waals surface area contributed by atoms with Gasteiger partial charge in [0.1, 0.15) is 4.84 Å². The van der Waals surface area contributed by atoms with E-state index in [1.807, 2.05) is 6.92 Å². The average molecular weight is 204 g/mol. The van der Waals surface area contributed by atoms with Crippen molar-refractivity contribution >= 4 is 34.8 Å². The van der Waals surface area contributed by atoms with E-state index in [1.54, 1.807) is 0 Å². The lowest BCUT2D eigenvalue weighted by atomic mass is 10.0. The Kier molecular flexibility index (Phi) is 5.10. The lowest BCUT2D eigenvalue weighted by Gasteiger charge is -2.21. The topological polar surface area (TPSA) is 0 Å². The Morgan fingerprint density at radius 3 is 2.20 bits per heavy atom. The molecule has 10 heavy (non-hydrogen) atoms. The molecule has 0 aliphatic carbocycles. The lowest BCUT2D eigenvalue weighted by Crippen LogP contribution is -2.18. The van der Waals surface area contributed by atoms with Gasteiger partial charge >= 0.3 is 0 Å². The molecular formula is C7H13Cl3. The highest BCUT2D eigenvalue weighted by atomic mass is 35.5. The zero-order valence-electron chi connectivity index (χ0n) is 6.33. The first-order chi connectivity index (χ1) is 4.48. The summed E-state index contributed by atoms with van der Waals surface area (Å²) in [6.07, 6.45) is 2.69. The van der Waals surface area contributed by atoms with Crippen molar-refractivity contribution < 1.29 is 0 Å². The van der Waals surface area contributed by atoms with Gasteiger partial charge in [0.15, 0.2) is 0 Å². The lowest BCUT2D eigenvalue weighted by molar-refractivity contribution is 0.542. The summed E-state index contributed by atoms with van der Waals surface area (Å²) in [6, 6.07) is 0. The van der Waals surface area contributed by atoms with Crippen molar-refractivity contribution in [1.82, 2.24) is 0 Å². The van der Waals surface area contributed by atoms with Crippen LogP contribution in [0.25, 0.3) is 0 Å². The highest BCUT2D eigenvalue weighted by molar-refractivity contribution is 6.44. The first kappa shape index (κ1) is 10.9. The Hall–Kier alpha value is 0.870. The molecule has 0 nitrogen and oxygen atoms in total. The maximum Gasteiger partial charge on any atom is 0.109 e. The summed E-state index contributed by atoms with van der Waals surface area (Å²) in [5.41, 5.74) is 0. The van der Waals surface area contributed by atoms with Gasteiger partial charge in [-0.25, -0.2) is 0 Å². The Morgan fingerprint density at radius 2 is 1.90 bits per heavy atom. The van der Waals surface area contributed by atoms with E-state index in [4.69, 9.17) is 34.8 Å². The van der Waals surface area contributed by atoms with Gasteiger partial charge in [-0.2, -0.15) is 0 Å². The predicted octanol–water partition coefficient (Wildman–Crippen LogP) is 3.98. The fourth-order valence-corrected chi connectivity index (χ4v) is 2.13. The van der Waals surface area contributed by atoms with Gasteiger partial charge in [-0.15, -0.1) is 34.8 Å². The average Bonchev–Trinajstić information content (AvgIpc) is 1.59. The second-order valence-electron chi connectivity index (χ2n) is 2.76. The second-order valence-corrected chi connectivity index (χ2v) is 4.95. The molecule has 0 bridgehead atoms. The van der Waals surface area contributed by atoms with Crippen molar-refractivity contribution in [2.45, 2.75) is 42.8 Å². The van der Waals surface area contributed by atoms with Crippen LogP contribution in [0.5, 0.6) is 0 Å². The molecule has 0 fully saturated rings. The Balaban J connectivity index is 3.63. The van der Waals surface area contributed by atoms with E-state index in [0.29, 0.717) is 6.42 Å². The molecular weight excluding hydrogens is 190 g/mol. The standard InChI is InChI=1S/C7H13Cl3/c1-3-4-7(2,10)5-6(8)9/h6H,3-5H2,1-2H3. The molecule has 0 rings (SSSR count). The van der Waals surface area contributed by atoms with Crippen LogP contribution in [0, 0.1) is 0 Å². The molecule has 0 saturated heterocycles. The predicted molar refractivity (Wildman–Crippen MR) is 49.3 cm³/mol. The van der Waals surface area contributed by atoms with Crippen molar-refractivity contribution in [3.63, 3.8) is 0 Å². The van der Waals surface area contributed by atoms with Crippen LogP contribution in [-0.2, 0) is 0 Å². The summed E-state index contributed by atoms with van der Waals surface area (Å²) in [6.45, 7) is 4.06. The summed E-state index contributed by atoms with van der Waals surface area (Å²) in [4.78, 5) is -0.558. The zero-order valence-corrected chi connectivity index (χ0v) is 8.60. The van der Waals surface area contributed by atoms with Gasteiger partial charge in [-0.3, -0.25) is 0 Å².